The third-order valence-electron chi connectivity index (χ3n) is 4.74. The van der Waals surface area contributed by atoms with Gasteiger partial charge in [0.05, 0.1) is 19.3 Å². The molecule has 0 radical (unpaired) electrons. The first kappa shape index (κ1) is 22.2. The van der Waals surface area contributed by atoms with E-state index in [9.17, 15) is 5.11 Å². The van der Waals surface area contributed by atoms with Gasteiger partial charge in [-0.1, -0.05) is 75.4 Å². The number of nitrogens with zero attached hydrogens (tertiary/aromatic N) is 1. The van der Waals surface area contributed by atoms with Gasteiger partial charge in [-0.2, -0.15) is 0 Å². The van der Waals surface area contributed by atoms with Crippen LogP contribution >= 0.6 is 0 Å². The highest BCUT2D eigenvalue weighted by molar-refractivity contribution is 5.95. The minimum absolute atomic E-state index is 0.0703. The summed E-state index contributed by atoms with van der Waals surface area (Å²) in [6, 6.07) is 23.5. The van der Waals surface area contributed by atoms with Gasteiger partial charge in [0.1, 0.15) is 11.5 Å². The Labute approximate surface area is 184 Å². The number of guanidine groups is 1. The molecular weight excluding hydrogens is 386 g/mol. The van der Waals surface area contributed by atoms with Crippen LogP contribution in [0.3, 0.4) is 0 Å². The van der Waals surface area contributed by atoms with E-state index in [-0.39, 0.29) is 11.2 Å². The van der Waals surface area contributed by atoms with E-state index in [2.05, 4.69) is 31.4 Å². The zero-order valence-electron chi connectivity index (χ0n) is 18.6. The number of nitrogens with one attached hydrogen (secondary N) is 2. The molecule has 0 amide bonds. The molecule has 0 saturated heterocycles. The zero-order chi connectivity index (χ0) is 22.3. The lowest BCUT2D eigenvalue weighted by molar-refractivity contribution is 0.407. The largest absolute Gasteiger partial charge is 0.506 e. The van der Waals surface area contributed by atoms with E-state index in [0.717, 1.165) is 29.0 Å². The molecule has 0 atom stereocenters. The summed E-state index contributed by atoms with van der Waals surface area (Å²) in [5.74, 6) is 1.57. The molecule has 3 aromatic carbocycles. The van der Waals surface area contributed by atoms with Crippen LogP contribution in [-0.2, 0) is 6.54 Å². The second-order valence-corrected chi connectivity index (χ2v) is 8.61. The lowest BCUT2D eigenvalue weighted by Crippen LogP contribution is -2.37. The number of methoxy groups -OCH3 is 1. The van der Waals surface area contributed by atoms with Crippen molar-refractivity contribution in [2.75, 3.05) is 19.0 Å². The molecule has 0 aliphatic carbocycles. The van der Waals surface area contributed by atoms with Gasteiger partial charge in [0.2, 0.25) is 0 Å². The van der Waals surface area contributed by atoms with E-state index >= 15 is 0 Å². The van der Waals surface area contributed by atoms with E-state index in [1.165, 1.54) is 0 Å². The number of phenolic OH excluding ortho intramolecular Hbond substituents is 1. The van der Waals surface area contributed by atoms with E-state index in [4.69, 9.17) is 9.73 Å². The summed E-state index contributed by atoms with van der Waals surface area (Å²) < 4.78 is 5.44. The second kappa shape index (κ2) is 10.0. The smallest absolute Gasteiger partial charge is 0.196 e. The van der Waals surface area contributed by atoms with Gasteiger partial charge >= 0.3 is 0 Å². The van der Waals surface area contributed by atoms with Gasteiger partial charge in [-0.3, -0.25) is 0 Å². The fraction of sp³-hybridized carbons (Fsp3) is 0.269. The summed E-state index contributed by atoms with van der Waals surface area (Å²) >= 11 is 0. The topological polar surface area (TPSA) is 65.9 Å². The van der Waals surface area contributed by atoms with Gasteiger partial charge in [0, 0.05) is 12.1 Å². The number of aromatic hydroxyl groups is 1. The number of phenols is 1. The lowest BCUT2D eigenvalue weighted by Gasteiger charge is -2.22. The quantitative estimate of drug-likeness (QED) is 0.275. The molecular formula is C26H31N3O2. The number of aliphatic imine (C=N–C) groups is 1. The molecule has 5 nitrogen and oxygen atoms in total. The van der Waals surface area contributed by atoms with Gasteiger partial charge in [-0.05, 0) is 34.7 Å². The number of para-hydroxylation sites is 1. The highest BCUT2D eigenvalue weighted by Crippen LogP contribution is 2.30. The Balaban J connectivity index is 1.87. The molecule has 31 heavy (non-hydrogen) atoms. The fourth-order valence-electron chi connectivity index (χ4n) is 3.06. The molecule has 0 aromatic heterocycles. The molecule has 0 spiro atoms. The average molecular weight is 418 g/mol. The van der Waals surface area contributed by atoms with E-state index in [1.807, 2.05) is 66.7 Å². The average Bonchev–Trinajstić information content (AvgIpc) is 2.77. The van der Waals surface area contributed by atoms with Crippen molar-refractivity contribution in [2.24, 2.45) is 10.4 Å². The van der Waals surface area contributed by atoms with E-state index in [0.29, 0.717) is 18.2 Å². The number of anilines is 1. The van der Waals surface area contributed by atoms with Gasteiger partial charge in [0.15, 0.2) is 5.96 Å². The van der Waals surface area contributed by atoms with E-state index in [1.54, 1.807) is 13.2 Å². The molecule has 0 unspecified atom stereocenters. The van der Waals surface area contributed by atoms with Crippen molar-refractivity contribution in [3.8, 4) is 22.6 Å². The number of benzene rings is 3. The van der Waals surface area contributed by atoms with Crippen molar-refractivity contribution in [3.05, 3.63) is 78.4 Å². The van der Waals surface area contributed by atoms with Gasteiger partial charge in [0.25, 0.3) is 0 Å². The van der Waals surface area contributed by atoms with Crippen LogP contribution in [0.2, 0.25) is 0 Å². The molecule has 162 valence electrons. The van der Waals surface area contributed by atoms with Crippen molar-refractivity contribution >= 4 is 11.6 Å². The normalized spacial score (nSPS) is 11.8. The molecule has 5 heteroatoms. The van der Waals surface area contributed by atoms with Crippen LogP contribution in [-0.4, -0.2) is 24.7 Å². The van der Waals surface area contributed by atoms with Crippen molar-refractivity contribution in [1.29, 1.82) is 0 Å². The highest BCUT2D eigenvalue weighted by Gasteiger charge is 2.13. The third-order valence-corrected chi connectivity index (χ3v) is 4.74. The Morgan fingerprint density at radius 1 is 0.935 bits per heavy atom. The molecule has 3 aromatic rings. The van der Waals surface area contributed by atoms with Gasteiger partial charge in [-0.15, -0.1) is 0 Å². The minimum Gasteiger partial charge on any atom is -0.506 e. The highest BCUT2D eigenvalue weighted by atomic mass is 16.5. The molecule has 0 saturated carbocycles. The van der Waals surface area contributed by atoms with Crippen LogP contribution in [0.15, 0.2) is 77.8 Å². The third kappa shape index (κ3) is 6.51. The van der Waals surface area contributed by atoms with Crippen molar-refractivity contribution in [2.45, 2.75) is 27.3 Å². The molecule has 0 heterocycles. The number of ether oxygens (including phenoxy) is 1. The van der Waals surface area contributed by atoms with Crippen LogP contribution in [0.4, 0.5) is 5.69 Å². The second-order valence-electron chi connectivity index (χ2n) is 8.61. The van der Waals surface area contributed by atoms with Crippen molar-refractivity contribution in [1.82, 2.24) is 5.32 Å². The Morgan fingerprint density at radius 3 is 2.35 bits per heavy atom. The Kier molecular flexibility index (Phi) is 7.19. The minimum atomic E-state index is 0.0703. The fourth-order valence-corrected chi connectivity index (χ4v) is 3.06. The number of hydrogen-bond donors (Lipinski definition) is 3. The molecule has 0 bridgehead atoms. The Bertz CT molecular complexity index is 1020. The van der Waals surface area contributed by atoms with Crippen LogP contribution < -0.4 is 15.4 Å². The van der Waals surface area contributed by atoms with Crippen molar-refractivity contribution in [3.63, 3.8) is 0 Å². The van der Waals surface area contributed by atoms with Crippen LogP contribution in [0.1, 0.15) is 26.3 Å². The SMILES string of the molecule is COc1ccccc1CN=C(NCC(C)(C)C)Nc1cc(-c2ccccc2)ccc1O. The summed E-state index contributed by atoms with van der Waals surface area (Å²) in [5, 5.41) is 17.1. The number of rotatable bonds is 6. The maximum Gasteiger partial charge on any atom is 0.196 e. The first-order valence-corrected chi connectivity index (χ1v) is 10.4. The lowest BCUT2D eigenvalue weighted by atomic mass is 9.97. The van der Waals surface area contributed by atoms with Crippen LogP contribution in [0.5, 0.6) is 11.5 Å². The summed E-state index contributed by atoms with van der Waals surface area (Å²) in [5.41, 5.74) is 3.76. The molecule has 0 aliphatic heterocycles. The molecule has 0 aliphatic rings. The summed E-state index contributed by atoms with van der Waals surface area (Å²) in [6.07, 6.45) is 0. The summed E-state index contributed by atoms with van der Waals surface area (Å²) in [6.45, 7) is 7.65. The monoisotopic (exact) mass is 417 g/mol. The molecule has 0 fully saturated rings. The van der Waals surface area contributed by atoms with Crippen LogP contribution in [0.25, 0.3) is 11.1 Å². The van der Waals surface area contributed by atoms with Gasteiger partial charge in [-0.25, -0.2) is 4.99 Å². The summed E-state index contributed by atoms with van der Waals surface area (Å²) in [7, 11) is 1.66. The number of hydrogen-bond acceptors (Lipinski definition) is 3. The van der Waals surface area contributed by atoms with Crippen LogP contribution in [0, 0.1) is 5.41 Å². The Hall–Kier alpha value is -3.47. The standard InChI is InChI=1S/C26H31N3O2/c1-26(2,3)18-28-25(27-17-21-12-8-9-13-24(21)31-4)29-22-16-20(14-15-23(22)30)19-10-6-5-7-11-19/h5-16,30H,17-18H2,1-4H3,(H2,27,28,29). The zero-order valence-corrected chi connectivity index (χ0v) is 18.6. The van der Waals surface area contributed by atoms with E-state index < -0.39 is 0 Å². The summed E-state index contributed by atoms with van der Waals surface area (Å²) in [4.78, 5) is 4.75. The maximum absolute atomic E-state index is 10.5. The van der Waals surface area contributed by atoms with Crippen molar-refractivity contribution < 1.29 is 9.84 Å². The molecule has 3 rings (SSSR count). The van der Waals surface area contributed by atoms with Gasteiger partial charge < -0.3 is 20.5 Å². The first-order chi connectivity index (χ1) is 14.9. The first-order valence-electron chi connectivity index (χ1n) is 10.4. The Morgan fingerprint density at radius 2 is 1.65 bits per heavy atom. The predicted molar refractivity (Wildman–Crippen MR) is 129 cm³/mol. The maximum atomic E-state index is 10.5. The predicted octanol–water partition coefficient (Wildman–Crippen LogP) is 5.67. The molecule has 3 N–H and O–H groups in total.